The Morgan fingerprint density at radius 1 is 1.30 bits per heavy atom. The van der Waals surface area contributed by atoms with Gasteiger partial charge in [0, 0.05) is 11.6 Å². The van der Waals surface area contributed by atoms with Crippen LogP contribution in [0.25, 0.3) is 11.0 Å². The Labute approximate surface area is 120 Å². The van der Waals surface area contributed by atoms with Gasteiger partial charge in [0.15, 0.2) is 5.58 Å². The molecule has 102 valence electrons. The number of aliphatic hydroxyl groups excluding tert-OH is 1. The van der Waals surface area contributed by atoms with Gasteiger partial charge in [-0.2, -0.15) is 0 Å². The van der Waals surface area contributed by atoms with Crippen molar-refractivity contribution < 1.29 is 14.3 Å². The standard InChI is InChI=1S/C15H12ClNO3/c1-19-15-10(5-3-7-17-15)13(18)12-8-9-4-2-6-11(16)14(9)20-12/h2-8,13,18H,1H3. The van der Waals surface area contributed by atoms with Gasteiger partial charge in [-0.3, -0.25) is 0 Å². The Bertz CT molecular complexity index is 754. The van der Waals surface area contributed by atoms with E-state index in [9.17, 15) is 5.11 Å². The van der Waals surface area contributed by atoms with Crippen LogP contribution < -0.4 is 4.74 Å². The molecule has 0 aliphatic carbocycles. The minimum atomic E-state index is -0.956. The highest BCUT2D eigenvalue weighted by molar-refractivity contribution is 6.34. The third kappa shape index (κ3) is 2.13. The molecule has 2 heterocycles. The summed E-state index contributed by atoms with van der Waals surface area (Å²) in [6.07, 6.45) is 0.645. The molecule has 1 unspecified atom stereocenters. The average molecular weight is 290 g/mol. The van der Waals surface area contributed by atoms with Gasteiger partial charge in [-0.05, 0) is 24.3 Å². The normalized spacial score (nSPS) is 12.6. The number of benzene rings is 1. The molecule has 20 heavy (non-hydrogen) atoms. The summed E-state index contributed by atoms with van der Waals surface area (Å²) in [4.78, 5) is 4.07. The first kappa shape index (κ1) is 13.0. The molecule has 0 radical (unpaired) electrons. The summed E-state index contributed by atoms with van der Waals surface area (Å²) in [5.41, 5.74) is 1.11. The van der Waals surface area contributed by atoms with Crippen molar-refractivity contribution in [3.8, 4) is 5.88 Å². The summed E-state index contributed by atoms with van der Waals surface area (Å²) >= 11 is 6.07. The van der Waals surface area contributed by atoms with E-state index in [1.807, 2.05) is 12.1 Å². The number of rotatable bonds is 3. The van der Waals surface area contributed by atoms with E-state index in [1.54, 1.807) is 30.5 Å². The summed E-state index contributed by atoms with van der Waals surface area (Å²) in [5.74, 6) is 0.769. The second-order valence-electron chi connectivity index (χ2n) is 4.31. The van der Waals surface area contributed by atoms with Crippen LogP contribution >= 0.6 is 11.6 Å². The minimum absolute atomic E-state index is 0.367. The van der Waals surface area contributed by atoms with Gasteiger partial charge >= 0.3 is 0 Å². The second-order valence-corrected chi connectivity index (χ2v) is 4.72. The van der Waals surface area contributed by atoms with Crippen LogP contribution in [-0.4, -0.2) is 17.2 Å². The topological polar surface area (TPSA) is 55.5 Å². The van der Waals surface area contributed by atoms with Crippen molar-refractivity contribution in [2.45, 2.75) is 6.10 Å². The van der Waals surface area contributed by atoms with E-state index in [-0.39, 0.29) is 0 Å². The molecule has 0 saturated heterocycles. The van der Waals surface area contributed by atoms with Crippen LogP contribution in [0.2, 0.25) is 5.02 Å². The summed E-state index contributed by atoms with van der Waals surface area (Å²) in [6, 6.07) is 10.7. The predicted molar refractivity (Wildman–Crippen MR) is 76.1 cm³/mol. The van der Waals surface area contributed by atoms with Crippen molar-refractivity contribution in [1.29, 1.82) is 0 Å². The number of aromatic nitrogens is 1. The van der Waals surface area contributed by atoms with Gasteiger partial charge in [0.05, 0.1) is 17.7 Å². The molecule has 0 fully saturated rings. The Balaban J connectivity index is 2.08. The molecule has 0 aliphatic heterocycles. The zero-order chi connectivity index (χ0) is 14.1. The number of furan rings is 1. The van der Waals surface area contributed by atoms with Crippen LogP contribution in [0.3, 0.4) is 0 Å². The fraction of sp³-hybridized carbons (Fsp3) is 0.133. The van der Waals surface area contributed by atoms with Crippen molar-refractivity contribution in [3.63, 3.8) is 0 Å². The van der Waals surface area contributed by atoms with Crippen molar-refractivity contribution >= 4 is 22.6 Å². The number of pyridine rings is 1. The Hall–Kier alpha value is -2.04. The molecule has 1 aromatic carbocycles. The highest BCUT2D eigenvalue weighted by Gasteiger charge is 2.20. The van der Waals surface area contributed by atoms with Crippen LogP contribution in [0.4, 0.5) is 0 Å². The molecule has 0 saturated carbocycles. The van der Waals surface area contributed by atoms with Gasteiger partial charge in [0.1, 0.15) is 11.9 Å². The first-order valence-electron chi connectivity index (χ1n) is 6.05. The number of nitrogens with zero attached hydrogens (tertiary/aromatic N) is 1. The van der Waals surface area contributed by atoms with E-state index >= 15 is 0 Å². The fourth-order valence-corrected chi connectivity index (χ4v) is 2.34. The molecule has 0 amide bonds. The van der Waals surface area contributed by atoms with Gasteiger partial charge in [0.2, 0.25) is 5.88 Å². The molecule has 1 N–H and O–H groups in total. The van der Waals surface area contributed by atoms with Crippen molar-refractivity contribution in [2.75, 3.05) is 7.11 Å². The zero-order valence-electron chi connectivity index (χ0n) is 10.7. The zero-order valence-corrected chi connectivity index (χ0v) is 11.5. The molecule has 0 bridgehead atoms. The fourth-order valence-electron chi connectivity index (χ4n) is 2.12. The van der Waals surface area contributed by atoms with Gasteiger partial charge in [-0.15, -0.1) is 0 Å². The summed E-state index contributed by atoms with van der Waals surface area (Å²) < 4.78 is 10.8. The SMILES string of the molecule is COc1ncccc1C(O)c1cc2cccc(Cl)c2o1. The molecule has 0 spiro atoms. The van der Waals surface area contributed by atoms with Gasteiger partial charge < -0.3 is 14.3 Å². The Kier molecular flexibility index (Phi) is 3.34. The molecular weight excluding hydrogens is 278 g/mol. The molecule has 2 aromatic heterocycles. The lowest BCUT2D eigenvalue weighted by Gasteiger charge is -2.11. The number of hydrogen-bond acceptors (Lipinski definition) is 4. The highest BCUT2D eigenvalue weighted by Crippen LogP contribution is 2.34. The van der Waals surface area contributed by atoms with E-state index in [0.29, 0.717) is 27.8 Å². The average Bonchev–Trinajstić information content (AvgIpc) is 2.92. The van der Waals surface area contributed by atoms with Crippen LogP contribution in [0.15, 0.2) is 47.0 Å². The number of methoxy groups -OCH3 is 1. The molecule has 3 aromatic rings. The third-order valence-corrected chi connectivity index (χ3v) is 3.37. The lowest BCUT2D eigenvalue weighted by molar-refractivity contribution is 0.186. The number of ether oxygens (including phenoxy) is 1. The van der Waals surface area contributed by atoms with Crippen LogP contribution in [0.5, 0.6) is 5.88 Å². The summed E-state index contributed by atoms with van der Waals surface area (Å²) in [7, 11) is 1.51. The third-order valence-electron chi connectivity index (χ3n) is 3.07. The molecule has 4 nitrogen and oxygen atoms in total. The number of aliphatic hydroxyl groups is 1. The maximum atomic E-state index is 10.4. The van der Waals surface area contributed by atoms with Crippen molar-refractivity contribution in [1.82, 2.24) is 4.98 Å². The first-order valence-corrected chi connectivity index (χ1v) is 6.43. The highest BCUT2D eigenvalue weighted by atomic mass is 35.5. The minimum Gasteiger partial charge on any atom is -0.481 e. The van der Waals surface area contributed by atoms with E-state index < -0.39 is 6.10 Å². The summed E-state index contributed by atoms with van der Waals surface area (Å²) in [6.45, 7) is 0. The number of hydrogen-bond donors (Lipinski definition) is 1. The maximum absolute atomic E-state index is 10.4. The quantitative estimate of drug-likeness (QED) is 0.801. The smallest absolute Gasteiger partial charge is 0.219 e. The molecular formula is C15H12ClNO3. The lowest BCUT2D eigenvalue weighted by Crippen LogP contribution is -2.02. The van der Waals surface area contributed by atoms with Crippen LogP contribution in [0, 0.1) is 0 Å². The van der Waals surface area contributed by atoms with Crippen molar-refractivity contribution in [2.24, 2.45) is 0 Å². The van der Waals surface area contributed by atoms with E-state index in [2.05, 4.69) is 4.98 Å². The summed E-state index contributed by atoms with van der Waals surface area (Å²) in [5, 5.41) is 11.8. The van der Waals surface area contributed by atoms with Gasteiger partial charge in [-0.1, -0.05) is 23.7 Å². The number of halogens is 1. The molecule has 0 aliphatic rings. The lowest BCUT2D eigenvalue weighted by atomic mass is 10.1. The van der Waals surface area contributed by atoms with Crippen LogP contribution in [-0.2, 0) is 0 Å². The van der Waals surface area contributed by atoms with Crippen molar-refractivity contribution in [3.05, 3.63) is 58.9 Å². The first-order chi connectivity index (χ1) is 9.70. The monoisotopic (exact) mass is 289 g/mol. The van der Waals surface area contributed by atoms with Gasteiger partial charge in [-0.25, -0.2) is 4.98 Å². The Morgan fingerprint density at radius 3 is 2.90 bits per heavy atom. The molecule has 5 heteroatoms. The van der Waals surface area contributed by atoms with Crippen LogP contribution in [0.1, 0.15) is 17.4 Å². The van der Waals surface area contributed by atoms with E-state index in [1.165, 1.54) is 7.11 Å². The molecule has 1 atom stereocenters. The maximum Gasteiger partial charge on any atom is 0.219 e. The Morgan fingerprint density at radius 2 is 2.15 bits per heavy atom. The number of fused-ring (bicyclic) bond motifs is 1. The van der Waals surface area contributed by atoms with Gasteiger partial charge in [0.25, 0.3) is 0 Å². The van der Waals surface area contributed by atoms with E-state index in [4.69, 9.17) is 20.8 Å². The number of para-hydroxylation sites is 1. The molecule has 3 rings (SSSR count). The largest absolute Gasteiger partial charge is 0.481 e. The second kappa shape index (κ2) is 5.15. The van der Waals surface area contributed by atoms with E-state index in [0.717, 1.165) is 5.39 Å². The predicted octanol–water partition coefficient (Wildman–Crippen LogP) is 3.57.